The molecule has 1 heterocycles. The van der Waals surface area contributed by atoms with Gasteiger partial charge in [-0.2, -0.15) is 0 Å². The molecule has 1 N–H and O–H groups in total. The quantitative estimate of drug-likeness (QED) is 0.779. The third-order valence-corrected chi connectivity index (χ3v) is 4.83. The summed E-state index contributed by atoms with van der Waals surface area (Å²) in [7, 11) is 4.39. The highest BCUT2D eigenvalue weighted by atomic mass is 15.1. The maximum atomic E-state index is 3.70. The minimum Gasteiger partial charge on any atom is -0.311 e. The lowest BCUT2D eigenvalue weighted by Crippen LogP contribution is -2.49. The van der Waals surface area contributed by atoms with Crippen molar-refractivity contribution in [2.24, 2.45) is 11.3 Å². The second-order valence-electron chi connectivity index (χ2n) is 8.75. The van der Waals surface area contributed by atoms with Crippen LogP contribution in [0.1, 0.15) is 53.9 Å². The molecule has 0 spiro atoms. The van der Waals surface area contributed by atoms with E-state index in [2.05, 4.69) is 63.8 Å². The molecule has 0 saturated carbocycles. The van der Waals surface area contributed by atoms with Crippen LogP contribution in [0.4, 0.5) is 0 Å². The van der Waals surface area contributed by atoms with E-state index in [0.29, 0.717) is 5.41 Å². The second kappa shape index (κ2) is 7.94. The zero-order valence-corrected chi connectivity index (χ0v) is 15.6. The number of likely N-dealkylation sites (tertiary alicyclic amines) is 1. The van der Waals surface area contributed by atoms with Crippen LogP contribution >= 0.6 is 0 Å². The third-order valence-electron chi connectivity index (χ3n) is 4.83. The Morgan fingerprint density at radius 2 is 1.67 bits per heavy atom. The molecule has 0 radical (unpaired) electrons. The van der Waals surface area contributed by atoms with E-state index in [9.17, 15) is 0 Å². The van der Waals surface area contributed by atoms with Gasteiger partial charge in [0.25, 0.3) is 0 Å². The standard InChI is InChI=1S/C18H39N3/c1-8-18(5,14-19-17(2,3)4)15-21-11-9-16(10-12-21)13-20(6)7/h16,19H,8-15H2,1-7H3. The summed E-state index contributed by atoms with van der Waals surface area (Å²) in [6, 6.07) is 0. The van der Waals surface area contributed by atoms with E-state index < -0.39 is 0 Å². The van der Waals surface area contributed by atoms with Crippen LogP contribution in [0.15, 0.2) is 0 Å². The number of hydrogen-bond acceptors (Lipinski definition) is 3. The van der Waals surface area contributed by atoms with E-state index in [1.165, 1.54) is 45.4 Å². The predicted molar refractivity (Wildman–Crippen MR) is 93.9 cm³/mol. The van der Waals surface area contributed by atoms with E-state index >= 15 is 0 Å². The molecule has 1 unspecified atom stereocenters. The molecule has 21 heavy (non-hydrogen) atoms. The molecule has 0 aromatic heterocycles. The summed E-state index contributed by atoms with van der Waals surface area (Å²) >= 11 is 0. The maximum absolute atomic E-state index is 3.70. The van der Waals surface area contributed by atoms with Crippen molar-refractivity contribution in [1.29, 1.82) is 0 Å². The van der Waals surface area contributed by atoms with Crippen molar-refractivity contribution in [3.05, 3.63) is 0 Å². The molecule has 0 aromatic rings. The molecule has 0 bridgehead atoms. The Bertz CT molecular complexity index is 287. The van der Waals surface area contributed by atoms with Crippen LogP contribution in [-0.2, 0) is 0 Å². The first kappa shape index (κ1) is 18.9. The maximum Gasteiger partial charge on any atom is 0.00967 e. The Hall–Kier alpha value is -0.120. The molecule has 0 aliphatic carbocycles. The highest BCUT2D eigenvalue weighted by molar-refractivity contribution is 4.85. The Morgan fingerprint density at radius 1 is 1.10 bits per heavy atom. The molecule has 3 nitrogen and oxygen atoms in total. The van der Waals surface area contributed by atoms with Crippen molar-refractivity contribution in [2.45, 2.75) is 59.4 Å². The average molecular weight is 298 g/mol. The molecule has 1 saturated heterocycles. The summed E-state index contributed by atoms with van der Waals surface area (Å²) in [5.74, 6) is 0.900. The monoisotopic (exact) mass is 297 g/mol. The molecular weight excluding hydrogens is 258 g/mol. The van der Waals surface area contributed by atoms with Gasteiger partial charge >= 0.3 is 0 Å². The van der Waals surface area contributed by atoms with Crippen LogP contribution in [0.25, 0.3) is 0 Å². The molecular formula is C18H39N3. The normalized spacial score (nSPS) is 21.7. The van der Waals surface area contributed by atoms with Crippen molar-refractivity contribution in [3.8, 4) is 0 Å². The molecule has 1 aliphatic rings. The van der Waals surface area contributed by atoms with Gasteiger partial charge in [-0.1, -0.05) is 13.8 Å². The first-order chi connectivity index (χ1) is 9.63. The zero-order valence-electron chi connectivity index (χ0n) is 15.6. The number of piperidine rings is 1. The second-order valence-corrected chi connectivity index (χ2v) is 8.75. The first-order valence-electron chi connectivity index (χ1n) is 8.76. The van der Waals surface area contributed by atoms with Crippen LogP contribution in [-0.4, -0.2) is 62.2 Å². The Labute approximate surface area is 133 Å². The van der Waals surface area contributed by atoms with E-state index in [0.717, 1.165) is 12.5 Å². The van der Waals surface area contributed by atoms with Gasteiger partial charge in [-0.05, 0) is 78.6 Å². The number of rotatable bonds is 7. The van der Waals surface area contributed by atoms with Gasteiger partial charge in [-0.15, -0.1) is 0 Å². The predicted octanol–water partition coefficient (Wildman–Crippen LogP) is 3.06. The number of hydrogen-bond donors (Lipinski definition) is 1. The van der Waals surface area contributed by atoms with Crippen molar-refractivity contribution in [3.63, 3.8) is 0 Å². The van der Waals surface area contributed by atoms with Crippen LogP contribution < -0.4 is 5.32 Å². The summed E-state index contributed by atoms with van der Waals surface area (Å²) in [6.07, 6.45) is 3.98. The fourth-order valence-electron chi connectivity index (χ4n) is 3.15. The van der Waals surface area contributed by atoms with Crippen LogP contribution in [0.5, 0.6) is 0 Å². The summed E-state index contributed by atoms with van der Waals surface area (Å²) < 4.78 is 0. The van der Waals surface area contributed by atoms with Crippen molar-refractivity contribution < 1.29 is 0 Å². The molecule has 1 fully saturated rings. The molecule has 1 rings (SSSR count). The van der Waals surface area contributed by atoms with Gasteiger partial charge in [0.1, 0.15) is 0 Å². The molecule has 0 amide bonds. The van der Waals surface area contributed by atoms with Gasteiger partial charge in [0, 0.05) is 25.2 Å². The molecule has 1 atom stereocenters. The van der Waals surface area contributed by atoms with Gasteiger partial charge < -0.3 is 15.1 Å². The molecule has 126 valence electrons. The lowest BCUT2D eigenvalue weighted by molar-refractivity contribution is 0.102. The lowest BCUT2D eigenvalue weighted by atomic mass is 9.84. The average Bonchev–Trinajstić information content (AvgIpc) is 2.38. The van der Waals surface area contributed by atoms with Gasteiger partial charge in [-0.25, -0.2) is 0 Å². The van der Waals surface area contributed by atoms with Crippen molar-refractivity contribution in [2.75, 3.05) is 46.8 Å². The minimum atomic E-state index is 0.217. The summed E-state index contributed by atoms with van der Waals surface area (Å²) in [4.78, 5) is 5.03. The van der Waals surface area contributed by atoms with Gasteiger partial charge in [0.2, 0.25) is 0 Å². The number of nitrogens with zero attached hydrogens (tertiary/aromatic N) is 2. The molecule has 1 aliphatic heterocycles. The summed E-state index contributed by atoms with van der Waals surface area (Å²) in [5.41, 5.74) is 0.608. The van der Waals surface area contributed by atoms with E-state index in [4.69, 9.17) is 0 Å². The highest BCUT2D eigenvalue weighted by Crippen LogP contribution is 2.26. The zero-order chi connectivity index (χ0) is 16.1. The van der Waals surface area contributed by atoms with Crippen molar-refractivity contribution in [1.82, 2.24) is 15.1 Å². The third kappa shape index (κ3) is 7.62. The van der Waals surface area contributed by atoms with Crippen LogP contribution in [0, 0.1) is 11.3 Å². The van der Waals surface area contributed by atoms with Crippen LogP contribution in [0.3, 0.4) is 0 Å². The largest absolute Gasteiger partial charge is 0.311 e. The van der Waals surface area contributed by atoms with E-state index in [1.807, 2.05) is 0 Å². The van der Waals surface area contributed by atoms with Crippen molar-refractivity contribution >= 4 is 0 Å². The Morgan fingerprint density at radius 3 is 2.10 bits per heavy atom. The smallest absolute Gasteiger partial charge is 0.00967 e. The fraction of sp³-hybridized carbons (Fsp3) is 1.00. The summed E-state index contributed by atoms with van der Waals surface area (Å²) in [6.45, 7) is 17.7. The van der Waals surface area contributed by atoms with E-state index in [1.54, 1.807) is 0 Å². The molecule has 0 aromatic carbocycles. The van der Waals surface area contributed by atoms with Gasteiger partial charge in [0.05, 0.1) is 0 Å². The Kier molecular flexibility index (Phi) is 7.15. The SMILES string of the molecule is CCC(C)(CNC(C)(C)C)CN1CCC(CN(C)C)CC1. The fourth-order valence-corrected chi connectivity index (χ4v) is 3.15. The summed E-state index contributed by atoms with van der Waals surface area (Å²) in [5, 5.41) is 3.70. The highest BCUT2D eigenvalue weighted by Gasteiger charge is 2.29. The lowest BCUT2D eigenvalue weighted by Gasteiger charge is -2.40. The van der Waals surface area contributed by atoms with Crippen LogP contribution in [0.2, 0.25) is 0 Å². The van der Waals surface area contributed by atoms with Gasteiger partial charge in [0.15, 0.2) is 0 Å². The molecule has 3 heteroatoms. The van der Waals surface area contributed by atoms with E-state index in [-0.39, 0.29) is 5.54 Å². The number of nitrogens with one attached hydrogen (secondary N) is 1. The minimum absolute atomic E-state index is 0.217. The Balaban J connectivity index is 2.40. The van der Waals surface area contributed by atoms with Gasteiger partial charge in [-0.3, -0.25) is 0 Å². The first-order valence-corrected chi connectivity index (χ1v) is 8.76. The topological polar surface area (TPSA) is 18.5 Å².